The minimum absolute atomic E-state index is 0.741. The summed E-state index contributed by atoms with van der Waals surface area (Å²) in [6, 6.07) is 15.0. The van der Waals surface area contributed by atoms with Gasteiger partial charge in [-0.25, -0.2) is 0 Å². The number of piperidine rings is 1. The third-order valence-corrected chi connectivity index (χ3v) is 6.03. The van der Waals surface area contributed by atoms with Crippen LogP contribution in [0.4, 0.5) is 0 Å². The number of nitrogens with zero attached hydrogens (tertiary/aromatic N) is 2. The van der Waals surface area contributed by atoms with E-state index >= 15 is 0 Å². The smallest absolute Gasteiger partial charge is 0.161 e. The van der Waals surface area contributed by atoms with Crippen molar-refractivity contribution in [2.75, 3.05) is 47.4 Å². The predicted molar refractivity (Wildman–Crippen MR) is 120 cm³/mol. The maximum atomic E-state index is 5.44. The molecule has 1 aliphatic heterocycles. The molecule has 1 aliphatic rings. The summed E-state index contributed by atoms with van der Waals surface area (Å²) in [6.45, 7) is 7.90. The molecule has 0 N–H and O–H groups in total. The van der Waals surface area contributed by atoms with Gasteiger partial charge in [-0.15, -0.1) is 0 Å². The third-order valence-electron chi connectivity index (χ3n) is 6.03. The number of rotatable bonds is 9. The standard InChI is InChI=1S/C25H36N2O2/c1-20-8-5-6-10-23(20)13-15-27-14-7-9-22(19-27)18-26(2)17-21-11-12-24(28-3)25(16-21)29-4/h5-6,8,10-12,16,22H,7,9,13-15,17-19H2,1-4H3. The molecule has 0 aliphatic carbocycles. The van der Waals surface area contributed by atoms with Crippen LogP contribution in [0.1, 0.15) is 29.5 Å². The van der Waals surface area contributed by atoms with Crippen LogP contribution in [0.15, 0.2) is 42.5 Å². The second-order valence-corrected chi connectivity index (χ2v) is 8.37. The molecule has 1 fully saturated rings. The first kappa shape index (κ1) is 21.7. The summed E-state index contributed by atoms with van der Waals surface area (Å²) < 4.78 is 10.8. The van der Waals surface area contributed by atoms with Crippen molar-refractivity contribution in [1.82, 2.24) is 9.80 Å². The number of ether oxygens (including phenoxy) is 2. The SMILES string of the molecule is COc1ccc(CN(C)CC2CCCN(CCc3ccccc3C)C2)cc1OC. The average molecular weight is 397 g/mol. The quantitative estimate of drug-likeness (QED) is 0.627. The minimum Gasteiger partial charge on any atom is -0.493 e. The minimum atomic E-state index is 0.741. The summed E-state index contributed by atoms with van der Waals surface area (Å²) in [5, 5.41) is 0. The predicted octanol–water partition coefficient (Wildman–Crippen LogP) is 4.40. The number of methoxy groups -OCH3 is 2. The molecule has 1 unspecified atom stereocenters. The molecule has 0 saturated carbocycles. The van der Waals surface area contributed by atoms with Crippen molar-refractivity contribution in [2.45, 2.75) is 32.7 Å². The van der Waals surface area contributed by atoms with E-state index in [-0.39, 0.29) is 0 Å². The zero-order valence-corrected chi connectivity index (χ0v) is 18.5. The Labute approximate surface area is 176 Å². The molecule has 1 heterocycles. The molecule has 158 valence electrons. The zero-order chi connectivity index (χ0) is 20.6. The van der Waals surface area contributed by atoms with E-state index in [4.69, 9.17) is 9.47 Å². The molecule has 0 bridgehead atoms. The van der Waals surface area contributed by atoms with Crippen molar-refractivity contribution >= 4 is 0 Å². The van der Waals surface area contributed by atoms with Gasteiger partial charge in [0.1, 0.15) is 0 Å². The average Bonchev–Trinajstić information content (AvgIpc) is 2.73. The number of hydrogen-bond donors (Lipinski definition) is 0. The van der Waals surface area contributed by atoms with E-state index in [1.807, 2.05) is 6.07 Å². The van der Waals surface area contributed by atoms with Crippen LogP contribution in [0.3, 0.4) is 0 Å². The van der Waals surface area contributed by atoms with Crippen LogP contribution in [0.2, 0.25) is 0 Å². The van der Waals surface area contributed by atoms with E-state index < -0.39 is 0 Å². The molecule has 2 aromatic rings. The van der Waals surface area contributed by atoms with Crippen LogP contribution < -0.4 is 9.47 Å². The molecule has 0 amide bonds. The van der Waals surface area contributed by atoms with Crippen molar-refractivity contribution in [3.8, 4) is 11.5 Å². The monoisotopic (exact) mass is 396 g/mol. The molecule has 0 spiro atoms. The first-order valence-corrected chi connectivity index (χ1v) is 10.8. The normalized spacial score (nSPS) is 17.5. The molecule has 29 heavy (non-hydrogen) atoms. The largest absolute Gasteiger partial charge is 0.493 e. The lowest BCUT2D eigenvalue weighted by molar-refractivity contribution is 0.142. The van der Waals surface area contributed by atoms with E-state index in [1.165, 1.54) is 49.2 Å². The summed E-state index contributed by atoms with van der Waals surface area (Å²) >= 11 is 0. The highest BCUT2D eigenvalue weighted by Crippen LogP contribution is 2.28. The van der Waals surface area contributed by atoms with Crippen molar-refractivity contribution in [3.63, 3.8) is 0 Å². The molecular weight excluding hydrogens is 360 g/mol. The van der Waals surface area contributed by atoms with Crippen LogP contribution in [0, 0.1) is 12.8 Å². The van der Waals surface area contributed by atoms with Gasteiger partial charge in [-0.05, 0) is 74.5 Å². The van der Waals surface area contributed by atoms with Crippen molar-refractivity contribution in [1.29, 1.82) is 0 Å². The molecule has 0 radical (unpaired) electrons. The Bertz CT molecular complexity index is 777. The highest BCUT2D eigenvalue weighted by Gasteiger charge is 2.21. The van der Waals surface area contributed by atoms with Crippen LogP contribution >= 0.6 is 0 Å². The van der Waals surface area contributed by atoms with Crippen LogP contribution in [-0.4, -0.2) is 57.2 Å². The lowest BCUT2D eigenvalue weighted by Gasteiger charge is -2.35. The number of hydrogen-bond acceptors (Lipinski definition) is 4. The summed E-state index contributed by atoms with van der Waals surface area (Å²) in [6.07, 6.45) is 3.79. The van der Waals surface area contributed by atoms with Gasteiger partial charge >= 0.3 is 0 Å². The summed E-state index contributed by atoms with van der Waals surface area (Å²) in [4.78, 5) is 5.10. The zero-order valence-electron chi connectivity index (χ0n) is 18.5. The topological polar surface area (TPSA) is 24.9 Å². The molecule has 0 aromatic heterocycles. The molecule has 4 heteroatoms. The highest BCUT2D eigenvalue weighted by molar-refractivity contribution is 5.42. The van der Waals surface area contributed by atoms with E-state index in [9.17, 15) is 0 Å². The number of aryl methyl sites for hydroxylation is 1. The van der Waals surface area contributed by atoms with Gasteiger partial charge in [0.15, 0.2) is 11.5 Å². The second kappa shape index (κ2) is 10.7. The summed E-state index contributed by atoms with van der Waals surface area (Å²) in [5.74, 6) is 2.33. The Kier molecular flexibility index (Phi) is 7.96. The molecular formula is C25H36N2O2. The maximum Gasteiger partial charge on any atom is 0.161 e. The van der Waals surface area contributed by atoms with Gasteiger partial charge in [-0.1, -0.05) is 30.3 Å². The van der Waals surface area contributed by atoms with Crippen LogP contribution in [0.5, 0.6) is 11.5 Å². The second-order valence-electron chi connectivity index (χ2n) is 8.37. The Hall–Kier alpha value is -2.04. The molecule has 1 saturated heterocycles. The lowest BCUT2D eigenvalue weighted by atomic mass is 9.96. The molecule has 3 rings (SSSR count). The van der Waals surface area contributed by atoms with Gasteiger partial charge in [0.2, 0.25) is 0 Å². The van der Waals surface area contributed by atoms with Gasteiger partial charge in [0.05, 0.1) is 14.2 Å². The summed E-state index contributed by atoms with van der Waals surface area (Å²) in [7, 11) is 5.60. The summed E-state index contributed by atoms with van der Waals surface area (Å²) in [5.41, 5.74) is 4.16. The Balaban J connectivity index is 1.49. The van der Waals surface area contributed by atoms with Gasteiger partial charge in [0, 0.05) is 26.2 Å². The fourth-order valence-electron chi connectivity index (χ4n) is 4.47. The van der Waals surface area contributed by atoms with Crippen molar-refractivity contribution in [3.05, 3.63) is 59.2 Å². The maximum absolute atomic E-state index is 5.44. The number of benzene rings is 2. The Morgan fingerprint density at radius 1 is 1.07 bits per heavy atom. The lowest BCUT2D eigenvalue weighted by Crippen LogP contribution is -2.40. The van der Waals surface area contributed by atoms with Crippen LogP contribution in [0.25, 0.3) is 0 Å². The molecule has 1 atom stereocenters. The van der Waals surface area contributed by atoms with Gasteiger partial charge in [-0.2, -0.15) is 0 Å². The third kappa shape index (κ3) is 6.22. The van der Waals surface area contributed by atoms with E-state index in [2.05, 4.69) is 60.2 Å². The van der Waals surface area contributed by atoms with Crippen molar-refractivity contribution < 1.29 is 9.47 Å². The first-order chi connectivity index (χ1) is 14.1. The number of likely N-dealkylation sites (tertiary alicyclic amines) is 1. The van der Waals surface area contributed by atoms with Crippen molar-refractivity contribution in [2.24, 2.45) is 5.92 Å². The fraction of sp³-hybridized carbons (Fsp3) is 0.520. The van der Waals surface area contributed by atoms with E-state index in [0.717, 1.165) is 36.9 Å². The van der Waals surface area contributed by atoms with E-state index in [0.29, 0.717) is 0 Å². The first-order valence-electron chi connectivity index (χ1n) is 10.8. The fourth-order valence-corrected chi connectivity index (χ4v) is 4.47. The Morgan fingerprint density at radius 2 is 1.86 bits per heavy atom. The molecule has 4 nitrogen and oxygen atoms in total. The van der Waals surface area contributed by atoms with Gasteiger partial charge in [0.25, 0.3) is 0 Å². The van der Waals surface area contributed by atoms with Crippen LogP contribution in [-0.2, 0) is 13.0 Å². The van der Waals surface area contributed by atoms with Gasteiger partial charge < -0.3 is 19.3 Å². The Morgan fingerprint density at radius 3 is 2.62 bits per heavy atom. The highest BCUT2D eigenvalue weighted by atomic mass is 16.5. The van der Waals surface area contributed by atoms with E-state index in [1.54, 1.807) is 14.2 Å². The van der Waals surface area contributed by atoms with Gasteiger partial charge in [-0.3, -0.25) is 0 Å². The molecule has 2 aromatic carbocycles.